The van der Waals surface area contributed by atoms with Gasteiger partial charge in [-0.25, -0.2) is 4.79 Å². The van der Waals surface area contributed by atoms with Crippen molar-refractivity contribution in [2.75, 3.05) is 12.4 Å². The molecule has 150 valence electrons. The molecule has 0 fully saturated rings. The topological polar surface area (TPSA) is 111 Å². The van der Waals surface area contributed by atoms with E-state index in [0.717, 1.165) is 11.3 Å². The molecule has 0 saturated carbocycles. The van der Waals surface area contributed by atoms with Gasteiger partial charge in [0.15, 0.2) is 0 Å². The van der Waals surface area contributed by atoms with Crippen LogP contribution < -0.4 is 10.1 Å². The van der Waals surface area contributed by atoms with Gasteiger partial charge in [0.1, 0.15) is 23.9 Å². The van der Waals surface area contributed by atoms with Crippen LogP contribution in [0.5, 0.6) is 11.5 Å². The maximum absolute atomic E-state index is 12.8. The molecule has 0 saturated heterocycles. The van der Waals surface area contributed by atoms with Crippen LogP contribution in [0.1, 0.15) is 37.7 Å². The number of methoxy groups -OCH3 is 1. The van der Waals surface area contributed by atoms with Crippen molar-refractivity contribution in [2.45, 2.75) is 20.5 Å². The lowest BCUT2D eigenvalue weighted by atomic mass is 10.1. The van der Waals surface area contributed by atoms with Gasteiger partial charge in [-0.1, -0.05) is 17.3 Å². The number of aromatic nitrogens is 1. The molecule has 0 radical (unpaired) electrons. The molecule has 0 aliphatic carbocycles. The molecule has 29 heavy (non-hydrogen) atoms. The van der Waals surface area contributed by atoms with Crippen LogP contribution >= 0.6 is 0 Å². The number of rotatable bonds is 6. The fraction of sp³-hybridized carbons (Fsp3) is 0.190. The highest BCUT2D eigenvalue weighted by molar-refractivity contribution is 6.06. The van der Waals surface area contributed by atoms with E-state index in [4.69, 9.17) is 9.26 Å². The number of amides is 1. The zero-order valence-corrected chi connectivity index (χ0v) is 16.2. The number of ether oxygens (including phenoxy) is 2. The number of carbonyl (C=O) groups excluding carboxylic acids is 2. The minimum Gasteiger partial charge on any atom is -0.508 e. The van der Waals surface area contributed by atoms with Gasteiger partial charge in [0, 0.05) is 11.8 Å². The Morgan fingerprint density at radius 2 is 1.93 bits per heavy atom. The molecule has 0 aliphatic heterocycles. The average Bonchev–Trinajstić information content (AvgIpc) is 3.03. The molecule has 1 amide bonds. The number of aryl methyl sites for hydroxylation is 2. The lowest BCUT2D eigenvalue weighted by Gasteiger charge is -2.12. The van der Waals surface area contributed by atoms with Gasteiger partial charge >= 0.3 is 5.97 Å². The summed E-state index contributed by atoms with van der Waals surface area (Å²) in [7, 11) is 1.23. The Balaban J connectivity index is 1.80. The third-order valence-electron chi connectivity index (χ3n) is 4.28. The first-order valence-corrected chi connectivity index (χ1v) is 8.76. The van der Waals surface area contributed by atoms with E-state index in [1.54, 1.807) is 31.2 Å². The number of hydrogen-bond acceptors (Lipinski definition) is 7. The van der Waals surface area contributed by atoms with Crippen molar-refractivity contribution in [3.05, 3.63) is 70.6 Å². The summed E-state index contributed by atoms with van der Waals surface area (Å²) in [4.78, 5) is 24.5. The van der Waals surface area contributed by atoms with Crippen LogP contribution in [-0.4, -0.2) is 29.2 Å². The lowest BCUT2D eigenvalue weighted by Crippen LogP contribution is -2.14. The van der Waals surface area contributed by atoms with Crippen LogP contribution in [-0.2, 0) is 11.3 Å². The molecule has 0 bridgehead atoms. The minimum absolute atomic E-state index is 0.116. The number of anilines is 1. The molecular weight excluding hydrogens is 376 g/mol. The normalized spacial score (nSPS) is 10.4. The monoisotopic (exact) mass is 396 g/mol. The van der Waals surface area contributed by atoms with Crippen LogP contribution in [0.2, 0.25) is 0 Å². The van der Waals surface area contributed by atoms with E-state index in [1.807, 2.05) is 6.92 Å². The van der Waals surface area contributed by atoms with Crippen LogP contribution in [0.25, 0.3) is 0 Å². The zero-order valence-electron chi connectivity index (χ0n) is 16.2. The molecule has 0 unspecified atom stereocenters. The van der Waals surface area contributed by atoms with Gasteiger partial charge in [-0.05, 0) is 38.1 Å². The maximum Gasteiger partial charge on any atom is 0.338 e. The largest absolute Gasteiger partial charge is 0.508 e. The molecule has 3 aromatic rings. The first-order chi connectivity index (χ1) is 13.9. The Hall–Kier alpha value is -3.81. The molecule has 0 atom stereocenters. The number of para-hydroxylation sites is 1. The van der Waals surface area contributed by atoms with Gasteiger partial charge in [-0.3, -0.25) is 4.79 Å². The molecule has 8 nitrogen and oxygen atoms in total. The highest BCUT2D eigenvalue weighted by atomic mass is 16.5. The zero-order chi connectivity index (χ0) is 21.0. The van der Waals surface area contributed by atoms with E-state index in [2.05, 4.69) is 15.2 Å². The Labute approximate surface area is 167 Å². The molecular formula is C21H20N2O6. The second-order valence-electron chi connectivity index (χ2n) is 6.30. The van der Waals surface area contributed by atoms with Gasteiger partial charge in [0.05, 0.1) is 29.5 Å². The number of hydrogen-bond donors (Lipinski definition) is 2. The van der Waals surface area contributed by atoms with Crippen molar-refractivity contribution in [3.8, 4) is 11.5 Å². The Morgan fingerprint density at radius 3 is 2.62 bits per heavy atom. The highest BCUT2D eigenvalue weighted by Crippen LogP contribution is 2.25. The van der Waals surface area contributed by atoms with E-state index in [-0.39, 0.29) is 23.6 Å². The fourth-order valence-electron chi connectivity index (χ4n) is 2.76. The Kier molecular flexibility index (Phi) is 5.82. The summed E-state index contributed by atoms with van der Waals surface area (Å²) in [5.41, 5.74) is 2.19. The van der Waals surface area contributed by atoms with E-state index in [0.29, 0.717) is 17.1 Å². The summed E-state index contributed by atoms with van der Waals surface area (Å²) in [6.07, 6.45) is 0. The highest BCUT2D eigenvalue weighted by Gasteiger charge is 2.16. The van der Waals surface area contributed by atoms with Crippen molar-refractivity contribution in [1.82, 2.24) is 5.16 Å². The van der Waals surface area contributed by atoms with Crippen molar-refractivity contribution in [1.29, 1.82) is 0 Å². The van der Waals surface area contributed by atoms with Crippen LogP contribution in [0.3, 0.4) is 0 Å². The Morgan fingerprint density at radius 1 is 1.17 bits per heavy atom. The fourth-order valence-corrected chi connectivity index (χ4v) is 2.76. The minimum atomic E-state index is -0.625. The first kappa shape index (κ1) is 19.9. The molecule has 3 rings (SSSR count). The number of nitrogens with zero attached hydrogens (tertiary/aromatic N) is 1. The summed E-state index contributed by atoms with van der Waals surface area (Å²) in [5, 5.41) is 16.4. The quantitative estimate of drug-likeness (QED) is 0.612. The van der Waals surface area contributed by atoms with Gasteiger partial charge < -0.3 is 24.4 Å². The SMILES string of the molecule is COC(=O)c1cc(O)cc(NC(=O)c2ccccc2OCc2c(C)noc2C)c1. The summed E-state index contributed by atoms with van der Waals surface area (Å²) in [6.45, 7) is 3.80. The molecule has 0 spiro atoms. The number of carbonyl (C=O) groups is 2. The number of aromatic hydroxyl groups is 1. The van der Waals surface area contributed by atoms with Gasteiger partial charge in [0.2, 0.25) is 0 Å². The third-order valence-corrected chi connectivity index (χ3v) is 4.28. The van der Waals surface area contributed by atoms with E-state index in [9.17, 15) is 14.7 Å². The number of benzene rings is 2. The van der Waals surface area contributed by atoms with Crippen LogP contribution in [0.15, 0.2) is 47.0 Å². The number of nitrogens with one attached hydrogen (secondary N) is 1. The lowest BCUT2D eigenvalue weighted by molar-refractivity contribution is 0.0600. The summed E-state index contributed by atoms with van der Waals surface area (Å²) >= 11 is 0. The summed E-state index contributed by atoms with van der Waals surface area (Å²) in [6, 6.07) is 10.7. The second kappa shape index (κ2) is 8.47. The number of phenols is 1. The van der Waals surface area contributed by atoms with E-state index < -0.39 is 11.9 Å². The number of esters is 1. The van der Waals surface area contributed by atoms with Crippen molar-refractivity contribution in [3.63, 3.8) is 0 Å². The molecule has 1 aromatic heterocycles. The average molecular weight is 396 g/mol. The van der Waals surface area contributed by atoms with Crippen molar-refractivity contribution >= 4 is 17.6 Å². The molecule has 8 heteroatoms. The number of phenolic OH excluding ortho intramolecular Hbond substituents is 1. The predicted octanol–water partition coefficient (Wildman–Crippen LogP) is 3.61. The second-order valence-corrected chi connectivity index (χ2v) is 6.30. The molecule has 0 aliphatic rings. The summed E-state index contributed by atoms with van der Waals surface area (Å²) < 4.78 is 15.6. The summed E-state index contributed by atoms with van der Waals surface area (Å²) in [5.74, 6) is -0.232. The van der Waals surface area contributed by atoms with Crippen molar-refractivity contribution in [2.24, 2.45) is 0 Å². The van der Waals surface area contributed by atoms with E-state index in [1.165, 1.54) is 25.3 Å². The van der Waals surface area contributed by atoms with Crippen LogP contribution in [0, 0.1) is 13.8 Å². The van der Waals surface area contributed by atoms with E-state index >= 15 is 0 Å². The third kappa shape index (κ3) is 4.55. The first-order valence-electron chi connectivity index (χ1n) is 8.76. The smallest absolute Gasteiger partial charge is 0.338 e. The maximum atomic E-state index is 12.8. The molecule has 2 N–H and O–H groups in total. The van der Waals surface area contributed by atoms with Crippen molar-refractivity contribution < 1.29 is 28.7 Å². The van der Waals surface area contributed by atoms with Gasteiger partial charge in [0.25, 0.3) is 5.91 Å². The molecule has 2 aromatic carbocycles. The Bertz CT molecular complexity index is 1040. The van der Waals surface area contributed by atoms with Gasteiger partial charge in [-0.2, -0.15) is 0 Å². The van der Waals surface area contributed by atoms with Gasteiger partial charge in [-0.15, -0.1) is 0 Å². The predicted molar refractivity (Wildman–Crippen MR) is 104 cm³/mol. The van der Waals surface area contributed by atoms with Crippen LogP contribution in [0.4, 0.5) is 5.69 Å². The molecule has 1 heterocycles. The standard InChI is InChI=1S/C21H20N2O6/c1-12-18(13(2)29-23-12)11-28-19-7-5-4-6-17(19)20(25)22-15-8-14(21(26)27-3)9-16(24)10-15/h4-10,24H,11H2,1-3H3,(H,22,25).